The van der Waals surface area contributed by atoms with Crippen LogP contribution in [-0.4, -0.2) is 20.2 Å². The van der Waals surface area contributed by atoms with Crippen LogP contribution in [0.3, 0.4) is 0 Å². The van der Waals surface area contributed by atoms with Gasteiger partial charge in [0.15, 0.2) is 0 Å². The summed E-state index contributed by atoms with van der Waals surface area (Å²) in [6.45, 7) is 8.05. The second-order valence-electron chi connectivity index (χ2n) is 4.47. The molecule has 2 N–H and O–H groups in total. The predicted octanol–water partition coefficient (Wildman–Crippen LogP) is 2.76. The summed E-state index contributed by atoms with van der Waals surface area (Å²) in [5, 5.41) is 0. The van der Waals surface area contributed by atoms with Crippen molar-refractivity contribution in [2.75, 3.05) is 30.8 Å². The summed E-state index contributed by atoms with van der Waals surface area (Å²) in [6.07, 6.45) is 0. The summed E-state index contributed by atoms with van der Waals surface area (Å²) < 4.78 is 5.48. The molecule has 3 nitrogen and oxygen atoms in total. The lowest BCUT2D eigenvalue weighted by atomic mass is 10.2. The van der Waals surface area contributed by atoms with Gasteiger partial charge in [-0.1, -0.05) is 13.8 Å². The van der Waals surface area contributed by atoms with Crippen LogP contribution < -0.4 is 15.4 Å². The van der Waals surface area contributed by atoms with E-state index in [2.05, 4.69) is 25.8 Å². The molecule has 0 amide bonds. The molecule has 0 aliphatic rings. The number of hydrogen-bond donors (Lipinski definition) is 1. The number of anilines is 2. The smallest absolute Gasteiger partial charge is 0.123 e. The number of benzene rings is 1. The Morgan fingerprint density at radius 1 is 1.31 bits per heavy atom. The van der Waals surface area contributed by atoms with Crippen molar-refractivity contribution in [1.29, 1.82) is 0 Å². The Morgan fingerprint density at radius 2 is 2.00 bits per heavy atom. The number of nitrogen functional groups attached to an aromatic ring is 1. The van der Waals surface area contributed by atoms with Crippen LogP contribution in [0.2, 0.25) is 0 Å². The van der Waals surface area contributed by atoms with Crippen LogP contribution in [-0.2, 0) is 0 Å². The maximum Gasteiger partial charge on any atom is 0.123 e. The monoisotopic (exact) mass is 222 g/mol. The number of ether oxygens (including phenoxy) is 1. The fourth-order valence-corrected chi connectivity index (χ4v) is 1.73. The van der Waals surface area contributed by atoms with E-state index in [0.717, 1.165) is 23.7 Å². The van der Waals surface area contributed by atoms with Crippen LogP contribution in [0, 0.1) is 5.92 Å². The highest BCUT2D eigenvalue weighted by molar-refractivity contribution is 5.60. The minimum absolute atomic E-state index is 0.627. The van der Waals surface area contributed by atoms with Gasteiger partial charge in [-0.05, 0) is 18.9 Å². The van der Waals surface area contributed by atoms with Gasteiger partial charge in [0.05, 0.1) is 6.61 Å². The quantitative estimate of drug-likeness (QED) is 0.778. The van der Waals surface area contributed by atoms with Crippen LogP contribution in [0.15, 0.2) is 18.2 Å². The molecule has 0 atom stereocenters. The molecule has 0 radical (unpaired) electrons. The molecular weight excluding hydrogens is 200 g/mol. The summed E-state index contributed by atoms with van der Waals surface area (Å²) in [5.74, 6) is 1.47. The van der Waals surface area contributed by atoms with E-state index in [0.29, 0.717) is 12.5 Å². The molecule has 0 aromatic heterocycles. The average Bonchev–Trinajstić information content (AvgIpc) is 2.16. The van der Waals surface area contributed by atoms with Gasteiger partial charge < -0.3 is 15.4 Å². The van der Waals surface area contributed by atoms with Gasteiger partial charge in [0, 0.05) is 37.1 Å². The Kier molecular flexibility index (Phi) is 4.47. The lowest BCUT2D eigenvalue weighted by molar-refractivity contribution is 0.340. The van der Waals surface area contributed by atoms with Crippen LogP contribution in [0.5, 0.6) is 5.75 Å². The molecule has 0 aliphatic heterocycles. The highest BCUT2D eigenvalue weighted by Gasteiger charge is 2.06. The molecule has 1 aromatic rings. The molecule has 0 saturated carbocycles. The molecule has 0 aliphatic carbocycles. The van der Waals surface area contributed by atoms with Gasteiger partial charge in [-0.25, -0.2) is 0 Å². The zero-order valence-electron chi connectivity index (χ0n) is 10.7. The summed E-state index contributed by atoms with van der Waals surface area (Å²) in [5.41, 5.74) is 7.71. The normalized spacial score (nSPS) is 10.6. The topological polar surface area (TPSA) is 38.5 Å². The molecule has 3 heteroatoms. The van der Waals surface area contributed by atoms with Crippen molar-refractivity contribution in [3.8, 4) is 5.75 Å². The largest absolute Gasteiger partial charge is 0.494 e. The van der Waals surface area contributed by atoms with Crippen molar-refractivity contribution in [3.63, 3.8) is 0 Å². The predicted molar refractivity (Wildman–Crippen MR) is 70.1 cm³/mol. The first-order valence-corrected chi connectivity index (χ1v) is 5.77. The molecular formula is C13H22N2O. The second-order valence-corrected chi connectivity index (χ2v) is 4.47. The van der Waals surface area contributed by atoms with Gasteiger partial charge in [0.2, 0.25) is 0 Å². The fourth-order valence-electron chi connectivity index (χ4n) is 1.73. The molecule has 1 rings (SSSR count). The third kappa shape index (κ3) is 3.65. The Labute approximate surface area is 98.2 Å². The third-order valence-electron chi connectivity index (χ3n) is 2.30. The molecule has 0 fully saturated rings. The Bertz CT molecular complexity index is 337. The Hall–Kier alpha value is -1.38. The zero-order valence-corrected chi connectivity index (χ0v) is 10.7. The third-order valence-corrected chi connectivity index (χ3v) is 2.30. The Morgan fingerprint density at radius 3 is 2.56 bits per heavy atom. The summed E-state index contributed by atoms with van der Waals surface area (Å²) >= 11 is 0. The van der Waals surface area contributed by atoms with Gasteiger partial charge in [-0.3, -0.25) is 0 Å². The summed E-state index contributed by atoms with van der Waals surface area (Å²) in [4.78, 5) is 2.20. The maximum absolute atomic E-state index is 5.85. The van der Waals surface area contributed by atoms with Crippen molar-refractivity contribution in [3.05, 3.63) is 18.2 Å². The molecule has 0 heterocycles. The van der Waals surface area contributed by atoms with Gasteiger partial charge in [-0.15, -0.1) is 0 Å². The van der Waals surface area contributed by atoms with Gasteiger partial charge in [0.1, 0.15) is 5.75 Å². The van der Waals surface area contributed by atoms with Crippen LogP contribution in [0.25, 0.3) is 0 Å². The first-order valence-electron chi connectivity index (χ1n) is 5.77. The van der Waals surface area contributed by atoms with E-state index in [-0.39, 0.29) is 0 Å². The first kappa shape index (κ1) is 12.7. The van der Waals surface area contributed by atoms with Crippen molar-refractivity contribution in [2.45, 2.75) is 20.8 Å². The van der Waals surface area contributed by atoms with Crippen LogP contribution in [0.4, 0.5) is 11.4 Å². The highest BCUT2D eigenvalue weighted by atomic mass is 16.5. The number of nitrogens with zero attached hydrogens (tertiary/aromatic N) is 1. The SMILES string of the molecule is CCOc1cc(N)cc(N(C)CC(C)C)c1. The molecule has 1 aromatic carbocycles. The molecule has 90 valence electrons. The van der Waals surface area contributed by atoms with E-state index in [1.165, 1.54) is 0 Å². The van der Waals surface area contributed by atoms with E-state index in [1.54, 1.807) is 0 Å². The molecule has 0 bridgehead atoms. The standard InChI is InChI=1S/C13H22N2O/c1-5-16-13-7-11(14)6-12(8-13)15(4)9-10(2)3/h6-8,10H,5,9,14H2,1-4H3. The minimum Gasteiger partial charge on any atom is -0.494 e. The average molecular weight is 222 g/mol. The van der Waals surface area contributed by atoms with E-state index in [1.807, 2.05) is 25.1 Å². The van der Waals surface area contributed by atoms with E-state index < -0.39 is 0 Å². The van der Waals surface area contributed by atoms with E-state index in [4.69, 9.17) is 10.5 Å². The summed E-state index contributed by atoms with van der Waals surface area (Å²) in [6, 6.07) is 5.86. The Balaban J connectivity index is 2.86. The fraction of sp³-hybridized carbons (Fsp3) is 0.538. The van der Waals surface area contributed by atoms with Crippen molar-refractivity contribution >= 4 is 11.4 Å². The second kappa shape index (κ2) is 5.64. The van der Waals surface area contributed by atoms with E-state index >= 15 is 0 Å². The zero-order chi connectivity index (χ0) is 12.1. The maximum atomic E-state index is 5.85. The highest BCUT2D eigenvalue weighted by Crippen LogP contribution is 2.25. The van der Waals surface area contributed by atoms with Crippen molar-refractivity contribution in [2.24, 2.45) is 5.92 Å². The summed E-state index contributed by atoms with van der Waals surface area (Å²) in [7, 11) is 2.07. The van der Waals surface area contributed by atoms with Crippen LogP contribution in [0.1, 0.15) is 20.8 Å². The molecule has 0 unspecified atom stereocenters. The number of nitrogens with two attached hydrogens (primary N) is 1. The molecule has 16 heavy (non-hydrogen) atoms. The number of hydrogen-bond acceptors (Lipinski definition) is 3. The minimum atomic E-state index is 0.627. The molecule has 0 spiro atoms. The van der Waals surface area contributed by atoms with Gasteiger partial charge in [0.25, 0.3) is 0 Å². The lowest BCUT2D eigenvalue weighted by Gasteiger charge is -2.22. The molecule has 0 saturated heterocycles. The van der Waals surface area contributed by atoms with Gasteiger partial charge in [-0.2, -0.15) is 0 Å². The first-order chi connectivity index (χ1) is 7.52. The van der Waals surface area contributed by atoms with Crippen molar-refractivity contribution in [1.82, 2.24) is 0 Å². The number of rotatable bonds is 5. The van der Waals surface area contributed by atoms with Gasteiger partial charge >= 0.3 is 0 Å². The van der Waals surface area contributed by atoms with Crippen LogP contribution >= 0.6 is 0 Å². The van der Waals surface area contributed by atoms with E-state index in [9.17, 15) is 0 Å². The lowest BCUT2D eigenvalue weighted by Crippen LogP contribution is -2.22. The van der Waals surface area contributed by atoms with Crippen molar-refractivity contribution < 1.29 is 4.74 Å².